The predicted octanol–water partition coefficient (Wildman–Crippen LogP) is 2.36. The Morgan fingerprint density at radius 2 is 2.15 bits per heavy atom. The highest BCUT2D eigenvalue weighted by molar-refractivity contribution is 7.15. The third kappa shape index (κ3) is 5.83. The molecule has 1 rings (SSSR count). The fraction of sp³-hybridized carbons (Fsp3) is 0.769. The summed E-state index contributed by atoms with van der Waals surface area (Å²) in [7, 11) is 0. The fourth-order valence-corrected chi connectivity index (χ4v) is 2.63. The molecule has 2 amide bonds. The molecule has 7 heteroatoms. The molecule has 114 valence electrons. The van der Waals surface area contributed by atoms with Crippen molar-refractivity contribution < 1.29 is 9.90 Å². The first-order chi connectivity index (χ1) is 9.56. The van der Waals surface area contributed by atoms with E-state index in [9.17, 15) is 4.79 Å². The molecule has 0 aliphatic carbocycles. The molecular weight excluding hydrogens is 276 g/mol. The quantitative estimate of drug-likeness (QED) is 0.772. The minimum atomic E-state index is -0.222. The molecule has 6 nitrogen and oxygen atoms in total. The van der Waals surface area contributed by atoms with Gasteiger partial charge in [0.2, 0.25) is 5.13 Å². The summed E-state index contributed by atoms with van der Waals surface area (Å²) in [5.74, 6) is 0.516. The van der Waals surface area contributed by atoms with Crippen molar-refractivity contribution in [2.75, 3.05) is 25.0 Å². The molecule has 0 fully saturated rings. The van der Waals surface area contributed by atoms with Crippen LogP contribution >= 0.6 is 11.3 Å². The molecule has 0 aliphatic heterocycles. The maximum absolute atomic E-state index is 12.1. The Morgan fingerprint density at radius 3 is 2.75 bits per heavy atom. The number of anilines is 1. The molecule has 1 aromatic heterocycles. The van der Waals surface area contributed by atoms with Crippen molar-refractivity contribution >= 4 is 22.5 Å². The van der Waals surface area contributed by atoms with Gasteiger partial charge in [-0.3, -0.25) is 5.32 Å². The van der Waals surface area contributed by atoms with Crippen LogP contribution in [0.1, 0.15) is 38.6 Å². The van der Waals surface area contributed by atoms with E-state index in [4.69, 9.17) is 5.11 Å². The molecule has 1 heterocycles. The number of amides is 2. The zero-order chi connectivity index (χ0) is 15.0. The number of unbranched alkanes of at least 4 members (excludes halogenated alkanes) is 1. The van der Waals surface area contributed by atoms with E-state index in [1.54, 1.807) is 4.90 Å². The molecule has 0 bridgehead atoms. The first-order valence-electron chi connectivity index (χ1n) is 7.06. The number of aliphatic hydroxyl groups excluding tert-OH is 1. The van der Waals surface area contributed by atoms with Gasteiger partial charge in [-0.1, -0.05) is 38.5 Å². The first-order valence-corrected chi connectivity index (χ1v) is 7.87. The Hall–Kier alpha value is -1.21. The standard InChI is InChI=1S/C13H24N4O2S/c1-4-5-6-17(7-8-18)13(19)14-12-16-15-11(20-12)9-10(2)3/h10,18H,4-9H2,1-3H3,(H,14,16,19). The smallest absolute Gasteiger partial charge is 0.323 e. The van der Waals surface area contributed by atoms with E-state index >= 15 is 0 Å². The van der Waals surface area contributed by atoms with E-state index < -0.39 is 0 Å². The molecule has 0 unspecified atom stereocenters. The number of aliphatic hydroxyl groups is 1. The molecular formula is C13H24N4O2S. The van der Waals surface area contributed by atoms with Gasteiger partial charge in [0, 0.05) is 19.5 Å². The van der Waals surface area contributed by atoms with Gasteiger partial charge < -0.3 is 10.0 Å². The minimum absolute atomic E-state index is 0.0359. The summed E-state index contributed by atoms with van der Waals surface area (Å²) in [5, 5.41) is 21.2. The number of nitrogens with zero attached hydrogens (tertiary/aromatic N) is 3. The van der Waals surface area contributed by atoms with E-state index in [-0.39, 0.29) is 12.6 Å². The summed E-state index contributed by atoms with van der Waals surface area (Å²) in [6.45, 7) is 7.24. The van der Waals surface area contributed by atoms with E-state index in [1.807, 2.05) is 0 Å². The highest BCUT2D eigenvalue weighted by Gasteiger charge is 2.15. The molecule has 0 saturated carbocycles. The third-order valence-corrected chi connectivity index (χ3v) is 3.56. The number of aromatic nitrogens is 2. The number of hydrogen-bond acceptors (Lipinski definition) is 5. The molecule has 0 atom stereocenters. The number of rotatable bonds is 8. The lowest BCUT2D eigenvalue weighted by atomic mass is 10.1. The van der Waals surface area contributed by atoms with Crippen molar-refractivity contribution in [3.63, 3.8) is 0 Å². The predicted molar refractivity (Wildman–Crippen MR) is 81.0 cm³/mol. The van der Waals surface area contributed by atoms with E-state index in [2.05, 4.69) is 36.3 Å². The highest BCUT2D eigenvalue weighted by atomic mass is 32.1. The summed E-state index contributed by atoms with van der Waals surface area (Å²) >= 11 is 1.41. The fourth-order valence-electron chi connectivity index (χ4n) is 1.69. The van der Waals surface area contributed by atoms with E-state index in [0.29, 0.717) is 24.1 Å². The van der Waals surface area contributed by atoms with Crippen LogP contribution in [-0.2, 0) is 6.42 Å². The number of nitrogens with one attached hydrogen (secondary N) is 1. The number of carbonyl (C=O) groups is 1. The monoisotopic (exact) mass is 300 g/mol. The largest absolute Gasteiger partial charge is 0.395 e. The van der Waals surface area contributed by atoms with Crippen LogP contribution in [0.15, 0.2) is 0 Å². The Labute approximate surface area is 124 Å². The van der Waals surface area contributed by atoms with E-state index in [0.717, 1.165) is 24.3 Å². The molecule has 20 heavy (non-hydrogen) atoms. The molecule has 0 saturated heterocycles. The highest BCUT2D eigenvalue weighted by Crippen LogP contribution is 2.18. The molecule has 0 aliphatic rings. The Kier molecular flexibility index (Phi) is 7.46. The lowest BCUT2D eigenvalue weighted by molar-refractivity contribution is 0.187. The normalized spacial score (nSPS) is 10.8. The molecule has 0 aromatic carbocycles. The number of urea groups is 1. The van der Waals surface area contributed by atoms with Gasteiger partial charge in [0.05, 0.1) is 6.61 Å². The van der Waals surface area contributed by atoms with Gasteiger partial charge in [-0.15, -0.1) is 10.2 Å². The zero-order valence-electron chi connectivity index (χ0n) is 12.4. The van der Waals surface area contributed by atoms with Crippen LogP contribution in [0.5, 0.6) is 0 Å². The second kappa shape index (κ2) is 8.86. The van der Waals surface area contributed by atoms with Crippen LogP contribution in [0.25, 0.3) is 0 Å². The molecule has 0 radical (unpaired) electrons. The number of carbonyl (C=O) groups excluding carboxylic acids is 1. The van der Waals surface area contributed by atoms with Crippen LogP contribution in [-0.4, -0.2) is 45.9 Å². The van der Waals surface area contributed by atoms with Crippen molar-refractivity contribution in [3.05, 3.63) is 5.01 Å². The van der Waals surface area contributed by atoms with Crippen LogP contribution in [0.2, 0.25) is 0 Å². The molecule has 1 aromatic rings. The summed E-state index contributed by atoms with van der Waals surface area (Å²) in [4.78, 5) is 13.7. The number of hydrogen-bond donors (Lipinski definition) is 2. The van der Waals surface area contributed by atoms with Gasteiger partial charge in [0.15, 0.2) is 0 Å². The topological polar surface area (TPSA) is 78.4 Å². The lowest BCUT2D eigenvalue weighted by Crippen LogP contribution is -2.37. The maximum Gasteiger partial charge on any atom is 0.323 e. The second-order valence-corrected chi connectivity index (χ2v) is 6.16. The summed E-state index contributed by atoms with van der Waals surface area (Å²) < 4.78 is 0. The van der Waals surface area contributed by atoms with Gasteiger partial charge in [-0.2, -0.15) is 0 Å². The van der Waals surface area contributed by atoms with Crippen LogP contribution in [0.4, 0.5) is 9.93 Å². The maximum atomic E-state index is 12.1. The SMILES string of the molecule is CCCCN(CCO)C(=O)Nc1nnc(CC(C)C)s1. The van der Waals surface area contributed by atoms with Gasteiger partial charge in [-0.05, 0) is 12.3 Å². The Morgan fingerprint density at radius 1 is 1.40 bits per heavy atom. The van der Waals surface area contributed by atoms with Gasteiger partial charge in [0.25, 0.3) is 0 Å². The lowest BCUT2D eigenvalue weighted by Gasteiger charge is -2.20. The van der Waals surface area contributed by atoms with Crippen LogP contribution in [0, 0.1) is 5.92 Å². The second-order valence-electron chi connectivity index (χ2n) is 5.09. The Balaban J connectivity index is 2.55. The summed E-state index contributed by atoms with van der Waals surface area (Å²) in [6, 6.07) is -0.222. The van der Waals surface area contributed by atoms with Crippen LogP contribution < -0.4 is 5.32 Å². The van der Waals surface area contributed by atoms with Crippen molar-refractivity contribution in [3.8, 4) is 0 Å². The Bertz CT molecular complexity index is 409. The average Bonchev–Trinajstić information content (AvgIpc) is 2.80. The van der Waals surface area contributed by atoms with Crippen molar-refractivity contribution in [1.29, 1.82) is 0 Å². The van der Waals surface area contributed by atoms with Gasteiger partial charge >= 0.3 is 6.03 Å². The van der Waals surface area contributed by atoms with Crippen molar-refractivity contribution in [2.45, 2.75) is 40.0 Å². The first kappa shape index (κ1) is 16.8. The average molecular weight is 300 g/mol. The minimum Gasteiger partial charge on any atom is -0.395 e. The third-order valence-electron chi connectivity index (χ3n) is 2.70. The van der Waals surface area contributed by atoms with Gasteiger partial charge in [0.1, 0.15) is 5.01 Å². The van der Waals surface area contributed by atoms with Gasteiger partial charge in [-0.25, -0.2) is 4.79 Å². The zero-order valence-corrected chi connectivity index (χ0v) is 13.2. The summed E-state index contributed by atoms with van der Waals surface area (Å²) in [6.07, 6.45) is 2.79. The molecule has 2 N–H and O–H groups in total. The molecule has 0 spiro atoms. The van der Waals surface area contributed by atoms with Crippen LogP contribution in [0.3, 0.4) is 0 Å². The van der Waals surface area contributed by atoms with E-state index in [1.165, 1.54) is 11.3 Å². The van der Waals surface area contributed by atoms with Crippen molar-refractivity contribution in [1.82, 2.24) is 15.1 Å². The van der Waals surface area contributed by atoms with Crippen molar-refractivity contribution in [2.24, 2.45) is 5.92 Å². The summed E-state index contributed by atoms with van der Waals surface area (Å²) in [5.41, 5.74) is 0.